The second-order valence-electron chi connectivity index (χ2n) is 4.02. The number of hydrogen-bond acceptors (Lipinski definition) is 4. The van der Waals surface area contributed by atoms with Gasteiger partial charge in [-0.15, -0.1) is 0 Å². The number of imidazole rings is 1. The van der Waals surface area contributed by atoms with E-state index in [9.17, 15) is 4.79 Å². The lowest BCUT2D eigenvalue weighted by atomic mass is 10.3. The van der Waals surface area contributed by atoms with Gasteiger partial charge in [0.1, 0.15) is 5.82 Å². The average Bonchev–Trinajstić information content (AvgIpc) is 2.81. The van der Waals surface area contributed by atoms with Gasteiger partial charge in [0.15, 0.2) is 0 Å². The molecule has 0 unspecified atom stereocenters. The lowest BCUT2D eigenvalue weighted by Crippen LogP contribution is -2.43. The van der Waals surface area contributed by atoms with Crippen molar-refractivity contribution in [1.29, 1.82) is 0 Å². The molecule has 1 amide bonds. The average molecular weight is 238 g/mol. The Bertz CT molecular complexity index is 377. The van der Waals surface area contributed by atoms with E-state index in [4.69, 9.17) is 4.74 Å². The van der Waals surface area contributed by atoms with Gasteiger partial charge in [-0.25, -0.2) is 4.98 Å². The third-order valence-corrected chi connectivity index (χ3v) is 2.86. The van der Waals surface area contributed by atoms with Gasteiger partial charge in [0, 0.05) is 39.1 Å². The van der Waals surface area contributed by atoms with Crippen LogP contribution in [-0.4, -0.2) is 53.7 Å². The molecule has 0 aliphatic carbocycles. The van der Waals surface area contributed by atoms with Crippen LogP contribution in [0.2, 0.25) is 0 Å². The van der Waals surface area contributed by atoms with Crippen molar-refractivity contribution in [2.24, 2.45) is 0 Å². The molecule has 0 bridgehead atoms. The Kier molecular flexibility index (Phi) is 4.11. The largest absolute Gasteiger partial charge is 0.383 e. The van der Waals surface area contributed by atoms with Crippen molar-refractivity contribution in [1.82, 2.24) is 19.8 Å². The maximum Gasteiger partial charge on any atom is 0.236 e. The fourth-order valence-corrected chi connectivity index (χ4v) is 1.87. The Labute approximate surface area is 101 Å². The van der Waals surface area contributed by atoms with Crippen LogP contribution in [0.5, 0.6) is 0 Å². The van der Waals surface area contributed by atoms with E-state index in [0.717, 1.165) is 18.9 Å². The minimum absolute atomic E-state index is 0.121. The van der Waals surface area contributed by atoms with E-state index >= 15 is 0 Å². The van der Waals surface area contributed by atoms with Crippen LogP contribution in [0.3, 0.4) is 0 Å². The Balaban J connectivity index is 1.78. The molecule has 0 aromatic carbocycles. The van der Waals surface area contributed by atoms with Crippen molar-refractivity contribution in [3.8, 4) is 0 Å². The van der Waals surface area contributed by atoms with Crippen molar-refractivity contribution in [3.63, 3.8) is 0 Å². The van der Waals surface area contributed by atoms with Gasteiger partial charge in [0.2, 0.25) is 5.91 Å². The third kappa shape index (κ3) is 3.04. The van der Waals surface area contributed by atoms with E-state index in [2.05, 4.69) is 14.9 Å². The zero-order chi connectivity index (χ0) is 12.1. The van der Waals surface area contributed by atoms with Crippen LogP contribution in [0.4, 0.5) is 0 Å². The normalized spacial score (nSPS) is 14.8. The van der Waals surface area contributed by atoms with Crippen LogP contribution >= 0.6 is 0 Å². The third-order valence-electron chi connectivity index (χ3n) is 2.86. The molecule has 0 atom stereocenters. The minimum atomic E-state index is 0.121. The van der Waals surface area contributed by atoms with Gasteiger partial charge in [0.25, 0.3) is 0 Å². The summed E-state index contributed by atoms with van der Waals surface area (Å²) in [6.45, 7) is 3.89. The van der Waals surface area contributed by atoms with Crippen LogP contribution in [0, 0.1) is 0 Å². The fourth-order valence-electron chi connectivity index (χ4n) is 1.87. The van der Waals surface area contributed by atoms with Gasteiger partial charge in [-0.1, -0.05) is 0 Å². The first-order valence-corrected chi connectivity index (χ1v) is 5.78. The molecule has 94 valence electrons. The van der Waals surface area contributed by atoms with Gasteiger partial charge in [0.05, 0.1) is 19.7 Å². The van der Waals surface area contributed by atoms with Gasteiger partial charge >= 0.3 is 0 Å². The highest BCUT2D eigenvalue weighted by Crippen LogP contribution is 2.09. The van der Waals surface area contributed by atoms with Crippen LogP contribution in [0.15, 0.2) is 12.4 Å². The molecule has 6 heteroatoms. The Morgan fingerprint density at radius 2 is 2.47 bits per heavy atom. The monoisotopic (exact) mass is 238 g/mol. The van der Waals surface area contributed by atoms with E-state index in [1.54, 1.807) is 13.3 Å². The zero-order valence-corrected chi connectivity index (χ0v) is 10.1. The molecule has 6 nitrogen and oxygen atoms in total. The van der Waals surface area contributed by atoms with Crippen LogP contribution in [0.25, 0.3) is 0 Å². The highest BCUT2D eigenvalue weighted by molar-refractivity contribution is 5.78. The lowest BCUT2D eigenvalue weighted by molar-refractivity contribution is -0.131. The van der Waals surface area contributed by atoms with Gasteiger partial charge in [-0.05, 0) is 0 Å². The number of carbonyl (C=O) groups is 1. The summed E-state index contributed by atoms with van der Waals surface area (Å²) in [6.07, 6.45) is 3.73. The topological polar surface area (TPSA) is 59.4 Å². The SMILES string of the molecule is COCCNCC(=O)N1CCn2ccnc2C1. The van der Waals surface area contributed by atoms with Gasteiger partial charge in [-0.2, -0.15) is 0 Å². The van der Waals surface area contributed by atoms with E-state index in [0.29, 0.717) is 26.2 Å². The number of carbonyl (C=O) groups excluding carboxylic acids is 1. The standard InChI is InChI=1S/C11H18N4O2/c1-17-7-3-12-8-11(16)15-6-5-14-4-2-13-10(14)9-15/h2,4,12H,3,5-9H2,1H3. The molecule has 1 aromatic heterocycles. The van der Waals surface area contributed by atoms with Crippen LogP contribution in [0.1, 0.15) is 5.82 Å². The smallest absolute Gasteiger partial charge is 0.236 e. The molecular formula is C11H18N4O2. The number of amides is 1. The molecule has 0 saturated carbocycles. The van der Waals surface area contributed by atoms with Crippen molar-refractivity contribution in [2.75, 3.05) is 33.4 Å². The Morgan fingerprint density at radius 3 is 3.29 bits per heavy atom. The van der Waals surface area contributed by atoms with Gasteiger partial charge in [-0.3, -0.25) is 4.79 Å². The summed E-state index contributed by atoms with van der Waals surface area (Å²) >= 11 is 0. The number of aromatic nitrogens is 2. The summed E-state index contributed by atoms with van der Waals surface area (Å²) in [5.74, 6) is 1.08. The van der Waals surface area contributed by atoms with Crippen molar-refractivity contribution in [2.45, 2.75) is 13.1 Å². The number of nitrogens with zero attached hydrogens (tertiary/aromatic N) is 3. The summed E-state index contributed by atoms with van der Waals surface area (Å²) in [6, 6.07) is 0. The maximum atomic E-state index is 11.9. The molecule has 1 aliphatic heterocycles. The summed E-state index contributed by atoms with van der Waals surface area (Å²) in [5.41, 5.74) is 0. The first-order valence-electron chi connectivity index (χ1n) is 5.78. The molecular weight excluding hydrogens is 220 g/mol. The van der Waals surface area contributed by atoms with E-state index in [-0.39, 0.29) is 5.91 Å². The first kappa shape index (κ1) is 12.1. The highest BCUT2D eigenvalue weighted by Gasteiger charge is 2.20. The second kappa shape index (κ2) is 5.79. The molecule has 0 saturated heterocycles. The number of fused-ring (bicyclic) bond motifs is 1. The predicted octanol–water partition coefficient (Wildman–Crippen LogP) is -0.539. The van der Waals surface area contributed by atoms with Crippen molar-refractivity contribution >= 4 is 5.91 Å². The molecule has 17 heavy (non-hydrogen) atoms. The Morgan fingerprint density at radius 1 is 1.59 bits per heavy atom. The fraction of sp³-hybridized carbons (Fsp3) is 0.636. The summed E-state index contributed by atoms with van der Waals surface area (Å²) in [4.78, 5) is 17.9. The lowest BCUT2D eigenvalue weighted by Gasteiger charge is -2.27. The van der Waals surface area contributed by atoms with Crippen molar-refractivity contribution in [3.05, 3.63) is 18.2 Å². The molecule has 1 aliphatic rings. The number of hydrogen-bond donors (Lipinski definition) is 1. The number of methoxy groups -OCH3 is 1. The molecule has 0 spiro atoms. The molecule has 2 rings (SSSR count). The van der Waals surface area contributed by atoms with Crippen LogP contribution < -0.4 is 5.32 Å². The number of rotatable bonds is 5. The second-order valence-corrected chi connectivity index (χ2v) is 4.02. The Hall–Kier alpha value is -1.40. The first-order chi connectivity index (χ1) is 8.31. The molecule has 1 aromatic rings. The number of nitrogens with one attached hydrogen (secondary N) is 1. The maximum absolute atomic E-state index is 11.9. The van der Waals surface area contributed by atoms with E-state index < -0.39 is 0 Å². The zero-order valence-electron chi connectivity index (χ0n) is 10.1. The van der Waals surface area contributed by atoms with Gasteiger partial charge < -0.3 is 19.5 Å². The quantitative estimate of drug-likeness (QED) is 0.700. The minimum Gasteiger partial charge on any atom is -0.383 e. The number of ether oxygens (including phenoxy) is 1. The highest BCUT2D eigenvalue weighted by atomic mass is 16.5. The van der Waals surface area contributed by atoms with Crippen LogP contribution in [-0.2, 0) is 22.6 Å². The molecule has 0 radical (unpaired) electrons. The van der Waals surface area contributed by atoms with E-state index in [1.165, 1.54) is 0 Å². The summed E-state index contributed by atoms with van der Waals surface area (Å²) in [7, 11) is 1.65. The predicted molar refractivity (Wildman–Crippen MR) is 62.4 cm³/mol. The molecule has 0 fully saturated rings. The summed E-state index contributed by atoms with van der Waals surface area (Å²) < 4.78 is 6.99. The molecule has 1 N–H and O–H groups in total. The summed E-state index contributed by atoms with van der Waals surface area (Å²) in [5, 5.41) is 3.06. The van der Waals surface area contributed by atoms with E-state index in [1.807, 2.05) is 11.1 Å². The van der Waals surface area contributed by atoms with Crippen molar-refractivity contribution < 1.29 is 9.53 Å². The molecule has 2 heterocycles.